The van der Waals surface area contributed by atoms with Crippen molar-refractivity contribution in [2.75, 3.05) is 19.6 Å². The third-order valence-corrected chi connectivity index (χ3v) is 1.24. The molecule has 0 amide bonds. The Hall–Kier alpha value is 0.500. The molecule has 4 heteroatoms. The summed E-state index contributed by atoms with van der Waals surface area (Å²) in [4.78, 5) is 0. The molecular weight excluding hydrogens is 159 g/mol. The molecule has 0 unspecified atom stereocenters. The van der Waals surface area contributed by atoms with Crippen molar-refractivity contribution in [3.05, 3.63) is 0 Å². The summed E-state index contributed by atoms with van der Waals surface area (Å²) >= 11 is 0. The second-order valence-electron chi connectivity index (χ2n) is 1.85. The van der Waals surface area contributed by atoms with Crippen molar-refractivity contribution in [1.82, 2.24) is 10.4 Å². The third-order valence-electron chi connectivity index (χ3n) is 1.24. The second-order valence-corrected chi connectivity index (χ2v) is 1.85. The van der Waals surface area contributed by atoms with E-state index in [0.717, 1.165) is 6.54 Å². The molecule has 0 spiro atoms. The minimum atomic E-state index is 0. The van der Waals surface area contributed by atoms with Crippen LogP contribution in [-0.2, 0) is 0 Å². The van der Waals surface area contributed by atoms with E-state index in [9.17, 15) is 0 Å². The quantitative estimate of drug-likeness (QED) is 0.671. The first kappa shape index (κ1) is 12.2. The molecular formula is C5H14Cl2N2. The predicted octanol–water partition coefficient (Wildman–Crippen LogP) is 1.06. The maximum absolute atomic E-state index is 3.22. The van der Waals surface area contributed by atoms with Crippen molar-refractivity contribution in [3.8, 4) is 0 Å². The molecule has 1 N–H and O–H groups in total. The van der Waals surface area contributed by atoms with Crippen molar-refractivity contribution in [2.45, 2.75) is 13.3 Å². The highest BCUT2D eigenvalue weighted by molar-refractivity contribution is 5.85. The van der Waals surface area contributed by atoms with Crippen molar-refractivity contribution in [2.24, 2.45) is 0 Å². The summed E-state index contributed by atoms with van der Waals surface area (Å²) in [5.41, 5.74) is 3.22. The molecule has 1 aliphatic heterocycles. The minimum absolute atomic E-state index is 0. The Labute approximate surface area is 68.8 Å². The Kier molecular flexibility index (Phi) is 8.97. The largest absolute Gasteiger partial charge is 0.255 e. The lowest BCUT2D eigenvalue weighted by Gasteiger charge is -2.30. The van der Waals surface area contributed by atoms with E-state index >= 15 is 0 Å². The van der Waals surface area contributed by atoms with Crippen molar-refractivity contribution in [3.63, 3.8) is 0 Å². The highest BCUT2D eigenvalue weighted by atomic mass is 35.5. The van der Waals surface area contributed by atoms with Crippen molar-refractivity contribution >= 4 is 24.8 Å². The molecule has 0 saturated carbocycles. The van der Waals surface area contributed by atoms with Gasteiger partial charge < -0.3 is 0 Å². The number of hydrogen-bond donors (Lipinski definition) is 1. The van der Waals surface area contributed by atoms with Crippen molar-refractivity contribution in [1.29, 1.82) is 0 Å². The summed E-state index contributed by atoms with van der Waals surface area (Å²) in [5, 5.41) is 2.24. The van der Waals surface area contributed by atoms with Crippen LogP contribution in [0.25, 0.3) is 0 Å². The number of hydrogen-bond acceptors (Lipinski definition) is 2. The zero-order valence-corrected chi connectivity index (χ0v) is 7.23. The van der Waals surface area contributed by atoms with Gasteiger partial charge in [-0.05, 0) is 6.42 Å². The molecule has 0 aromatic carbocycles. The van der Waals surface area contributed by atoms with Crippen LogP contribution in [0.3, 0.4) is 0 Å². The normalized spacial score (nSPS) is 17.0. The molecule has 1 fully saturated rings. The summed E-state index contributed by atoms with van der Waals surface area (Å²) < 4.78 is 0. The SMILES string of the molecule is CCNN1CCC1.Cl.Cl. The number of rotatable bonds is 2. The van der Waals surface area contributed by atoms with Crippen LogP contribution >= 0.6 is 24.8 Å². The molecule has 0 aliphatic carbocycles. The van der Waals surface area contributed by atoms with E-state index in [1.807, 2.05) is 0 Å². The zero-order chi connectivity index (χ0) is 5.11. The number of hydrazine groups is 1. The third kappa shape index (κ3) is 3.98. The molecule has 1 rings (SSSR count). The van der Waals surface area contributed by atoms with Gasteiger partial charge in [0.05, 0.1) is 0 Å². The predicted molar refractivity (Wildman–Crippen MR) is 44.4 cm³/mol. The molecule has 58 valence electrons. The Morgan fingerprint density at radius 1 is 1.33 bits per heavy atom. The maximum atomic E-state index is 3.22. The fourth-order valence-electron chi connectivity index (χ4n) is 0.698. The highest BCUT2D eigenvalue weighted by Gasteiger charge is 2.10. The zero-order valence-electron chi connectivity index (χ0n) is 5.59. The average molecular weight is 173 g/mol. The first-order valence-electron chi connectivity index (χ1n) is 2.92. The van der Waals surface area contributed by atoms with E-state index in [4.69, 9.17) is 0 Å². The lowest BCUT2D eigenvalue weighted by Crippen LogP contribution is -2.47. The van der Waals surface area contributed by atoms with E-state index in [-0.39, 0.29) is 24.8 Å². The fraction of sp³-hybridized carbons (Fsp3) is 1.00. The summed E-state index contributed by atoms with van der Waals surface area (Å²) in [6, 6.07) is 0. The standard InChI is InChI=1S/C5H12N2.2ClH/c1-2-6-7-4-3-5-7;;/h6H,2-5H2,1H3;2*1H. The summed E-state index contributed by atoms with van der Waals surface area (Å²) in [6.45, 7) is 5.68. The topological polar surface area (TPSA) is 15.3 Å². The molecule has 9 heavy (non-hydrogen) atoms. The van der Waals surface area contributed by atoms with Gasteiger partial charge in [-0.1, -0.05) is 6.92 Å². The number of nitrogens with one attached hydrogen (secondary N) is 1. The Balaban J connectivity index is 0. The van der Waals surface area contributed by atoms with Gasteiger partial charge in [-0.15, -0.1) is 24.8 Å². The molecule has 0 bridgehead atoms. The molecule has 0 aromatic rings. The fourth-order valence-corrected chi connectivity index (χ4v) is 0.698. The lowest BCUT2D eigenvalue weighted by molar-refractivity contribution is 0.112. The van der Waals surface area contributed by atoms with Crippen LogP contribution in [0.15, 0.2) is 0 Å². The number of nitrogens with zero attached hydrogens (tertiary/aromatic N) is 1. The van der Waals surface area contributed by atoms with E-state index in [1.165, 1.54) is 19.5 Å². The van der Waals surface area contributed by atoms with Crippen molar-refractivity contribution < 1.29 is 0 Å². The van der Waals surface area contributed by atoms with Crippen LogP contribution in [0.5, 0.6) is 0 Å². The minimum Gasteiger partial charge on any atom is -0.255 e. The first-order chi connectivity index (χ1) is 3.43. The molecule has 1 saturated heterocycles. The van der Waals surface area contributed by atoms with Gasteiger partial charge in [0.2, 0.25) is 0 Å². The van der Waals surface area contributed by atoms with Gasteiger partial charge in [-0.25, -0.2) is 5.01 Å². The smallest absolute Gasteiger partial charge is 0.0143 e. The Morgan fingerprint density at radius 3 is 2.00 bits per heavy atom. The monoisotopic (exact) mass is 172 g/mol. The van der Waals surface area contributed by atoms with Crippen LogP contribution in [0, 0.1) is 0 Å². The van der Waals surface area contributed by atoms with Crippen LogP contribution in [-0.4, -0.2) is 24.6 Å². The molecule has 0 aromatic heterocycles. The molecule has 0 atom stereocenters. The van der Waals surface area contributed by atoms with Gasteiger partial charge in [0.25, 0.3) is 0 Å². The summed E-state index contributed by atoms with van der Waals surface area (Å²) in [6.07, 6.45) is 1.37. The van der Waals surface area contributed by atoms with E-state index < -0.39 is 0 Å². The van der Waals surface area contributed by atoms with Gasteiger partial charge in [0, 0.05) is 19.6 Å². The summed E-state index contributed by atoms with van der Waals surface area (Å²) in [7, 11) is 0. The van der Waals surface area contributed by atoms with Gasteiger partial charge in [0.15, 0.2) is 0 Å². The average Bonchev–Trinajstić information content (AvgIpc) is 1.55. The first-order valence-corrected chi connectivity index (χ1v) is 2.92. The Morgan fingerprint density at radius 2 is 1.89 bits per heavy atom. The summed E-state index contributed by atoms with van der Waals surface area (Å²) in [5.74, 6) is 0. The van der Waals surface area contributed by atoms with Crippen LogP contribution < -0.4 is 5.43 Å². The van der Waals surface area contributed by atoms with Gasteiger partial charge >= 0.3 is 0 Å². The van der Waals surface area contributed by atoms with Gasteiger partial charge in [0.1, 0.15) is 0 Å². The van der Waals surface area contributed by atoms with E-state index in [0.29, 0.717) is 0 Å². The molecule has 1 aliphatic rings. The van der Waals surface area contributed by atoms with E-state index in [2.05, 4.69) is 17.4 Å². The highest BCUT2D eigenvalue weighted by Crippen LogP contribution is 1.99. The van der Waals surface area contributed by atoms with Gasteiger partial charge in [-0.3, -0.25) is 5.43 Å². The molecule has 0 radical (unpaired) electrons. The molecule has 1 heterocycles. The number of halogens is 2. The Bertz CT molecular complexity index is 56.9. The van der Waals surface area contributed by atoms with Crippen LogP contribution in [0.1, 0.15) is 13.3 Å². The van der Waals surface area contributed by atoms with E-state index in [1.54, 1.807) is 0 Å². The van der Waals surface area contributed by atoms with Crippen LogP contribution in [0.4, 0.5) is 0 Å². The lowest BCUT2D eigenvalue weighted by atomic mass is 10.3. The molecule has 2 nitrogen and oxygen atoms in total. The second kappa shape index (κ2) is 6.62. The van der Waals surface area contributed by atoms with Gasteiger partial charge in [-0.2, -0.15) is 0 Å². The maximum Gasteiger partial charge on any atom is 0.0143 e. The van der Waals surface area contributed by atoms with Crippen LogP contribution in [0.2, 0.25) is 0 Å².